The van der Waals surface area contributed by atoms with E-state index < -0.39 is 0 Å². The zero-order valence-corrected chi connectivity index (χ0v) is 10.8. The molecule has 1 atom stereocenters. The quantitative estimate of drug-likeness (QED) is 0.623. The predicted molar refractivity (Wildman–Crippen MR) is 70.2 cm³/mol. The third kappa shape index (κ3) is 3.05. The summed E-state index contributed by atoms with van der Waals surface area (Å²) in [6, 6.07) is 6.38. The van der Waals surface area contributed by atoms with E-state index in [1.165, 1.54) is 25.7 Å². The molecule has 0 aliphatic heterocycles. The van der Waals surface area contributed by atoms with Crippen molar-refractivity contribution in [3.05, 3.63) is 29.6 Å². The Bertz CT molecular complexity index is 356. The first-order valence-electron chi connectivity index (χ1n) is 6.60. The molecule has 0 radical (unpaired) electrons. The molecule has 0 amide bonds. The lowest BCUT2D eigenvalue weighted by atomic mass is 9.78. The fraction of sp³-hybridized carbons (Fsp3) is 0.643. The van der Waals surface area contributed by atoms with Gasteiger partial charge in [-0.3, -0.25) is 16.3 Å². The molecule has 1 heterocycles. The lowest BCUT2D eigenvalue weighted by molar-refractivity contribution is 0.229. The Balaban J connectivity index is 2.10. The molecule has 1 aliphatic rings. The molecule has 2 rings (SSSR count). The Kier molecular flexibility index (Phi) is 4.13. The molecule has 3 nitrogen and oxygen atoms in total. The van der Waals surface area contributed by atoms with Gasteiger partial charge in [-0.25, -0.2) is 0 Å². The van der Waals surface area contributed by atoms with E-state index in [9.17, 15) is 0 Å². The first kappa shape index (κ1) is 12.5. The smallest absolute Gasteiger partial charge is 0.0660 e. The molecular formula is C14H23N3. The van der Waals surface area contributed by atoms with Crippen molar-refractivity contribution in [1.82, 2.24) is 10.4 Å². The van der Waals surface area contributed by atoms with E-state index in [1.54, 1.807) is 0 Å². The van der Waals surface area contributed by atoms with Crippen LogP contribution in [0.2, 0.25) is 0 Å². The van der Waals surface area contributed by atoms with E-state index in [4.69, 9.17) is 5.84 Å². The number of nitrogens with zero attached hydrogens (tertiary/aromatic N) is 1. The number of nitrogens with two attached hydrogens (primary N) is 1. The Labute approximate surface area is 104 Å². The molecule has 1 fully saturated rings. The summed E-state index contributed by atoms with van der Waals surface area (Å²) in [5.41, 5.74) is 5.12. The standard InChI is InChI=1S/C14H23N3/c1-10-6-8-12(9-7-10)14(17-15)13-5-3-4-11(2)16-13/h3-5,10,12,14,17H,6-9,15H2,1-2H3. The van der Waals surface area contributed by atoms with Gasteiger partial charge < -0.3 is 0 Å². The van der Waals surface area contributed by atoms with Gasteiger partial charge in [0, 0.05) is 5.69 Å². The van der Waals surface area contributed by atoms with Crippen LogP contribution in [0.5, 0.6) is 0 Å². The fourth-order valence-corrected chi connectivity index (χ4v) is 2.82. The molecule has 0 bridgehead atoms. The largest absolute Gasteiger partial charge is 0.271 e. The molecule has 0 spiro atoms. The average molecular weight is 233 g/mol. The number of aromatic nitrogens is 1. The van der Waals surface area contributed by atoms with E-state index in [2.05, 4.69) is 29.5 Å². The second-order valence-corrected chi connectivity index (χ2v) is 5.37. The average Bonchev–Trinajstić information content (AvgIpc) is 2.33. The molecule has 0 saturated heterocycles. The van der Waals surface area contributed by atoms with Crippen LogP contribution in [0.3, 0.4) is 0 Å². The maximum Gasteiger partial charge on any atom is 0.0660 e. The van der Waals surface area contributed by atoms with Crippen LogP contribution < -0.4 is 11.3 Å². The Hall–Kier alpha value is -0.930. The third-order valence-corrected chi connectivity index (χ3v) is 3.94. The van der Waals surface area contributed by atoms with Crippen molar-refractivity contribution in [3.63, 3.8) is 0 Å². The Morgan fingerprint density at radius 2 is 2.00 bits per heavy atom. The third-order valence-electron chi connectivity index (χ3n) is 3.94. The number of hydrogen-bond acceptors (Lipinski definition) is 3. The van der Waals surface area contributed by atoms with E-state index in [0.717, 1.165) is 17.3 Å². The van der Waals surface area contributed by atoms with Gasteiger partial charge in [0.25, 0.3) is 0 Å². The molecule has 94 valence electrons. The van der Waals surface area contributed by atoms with Crippen molar-refractivity contribution >= 4 is 0 Å². The van der Waals surface area contributed by atoms with Crippen LogP contribution in [0, 0.1) is 18.8 Å². The highest BCUT2D eigenvalue weighted by Gasteiger charge is 2.27. The molecule has 1 aromatic heterocycles. The van der Waals surface area contributed by atoms with Crippen molar-refractivity contribution in [2.75, 3.05) is 0 Å². The topological polar surface area (TPSA) is 50.9 Å². The van der Waals surface area contributed by atoms with Crippen molar-refractivity contribution in [3.8, 4) is 0 Å². The summed E-state index contributed by atoms with van der Waals surface area (Å²) in [7, 11) is 0. The van der Waals surface area contributed by atoms with Gasteiger partial charge in [-0.15, -0.1) is 0 Å². The predicted octanol–water partition coefficient (Wildman–Crippen LogP) is 2.72. The SMILES string of the molecule is Cc1cccc(C(NN)C2CCC(C)CC2)n1. The molecule has 17 heavy (non-hydrogen) atoms. The van der Waals surface area contributed by atoms with Gasteiger partial charge in [0.1, 0.15) is 0 Å². The number of nitrogens with one attached hydrogen (secondary N) is 1. The summed E-state index contributed by atoms with van der Waals surface area (Å²) >= 11 is 0. The summed E-state index contributed by atoms with van der Waals surface area (Å²) in [5, 5.41) is 0. The van der Waals surface area contributed by atoms with Gasteiger partial charge in [0.2, 0.25) is 0 Å². The number of pyridine rings is 1. The van der Waals surface area contributed by atoms with Crippen LogP contribution in [0.25, 0.3) is 0 Å². The van der Waals surface area contributed by atoms with Crippen molar-refractivity contribution in [1.29, 1.82) is 0 Å². The second-order valence-electron chi connectivity index (χ2n) is 5.37. The molecule has 3 N–H and O–H groups in total. The maximum absolute atomic E-state index is 5.73. The molecule has 1 unspecified atom stereocenters. The van der Waals surface area contributed by atoms with E-state index in [-0.39, 0.29) is 6.04 Å². The number of rotatable bonds is 3. The number of hydrogen-bond donors (Lipinski definition) is 2. The van der Waals surface area contributed by atoms with Gasteiger partial charge in [-0.1, -0.05) is 25.8 Å². The van der Waals surface area contributed by atoms with Gasteiger partial charge in [0.15, 0.2) is 0 Å². The molecule has 1 aliphatic carbocycles. The van der Waals surface area contributed by atoms with Crippen molar-refractivity contribution < 1.29 is 0 Å². The summed E-state index contributed by atoms with van der Waals surface area (Å²) < 4.78 is 0. The first-order valence-corrected chi connectivity index (χ1v) is 6.60. The van der Waals surface area contributed by atoms with Gasteiger partial charge in [-0.05, 0) is 43.7 Å². The summed E-state index contributed by atoms with van der Waals surface area (Å²) in [5.74, 6) is 7.23. The minimum Gasteiger partial charge on any atom is -0.271 e. The minimum atomic E-state index is 0.211. The minimum absolute atomic E-state index is 0.211. The molecule has 0 aromatic carbocycles. The van der Waals surface area contributed by atoms with E-state index in [0.29, 0.717) is 5.92 Å². The highest BCUT2D eigenvalue weighted by atomic mass is 15.2. The zero-order chi connectivity index (χ0) is 12.3. The van der Waals surface area contributed by atoms with Gasteiger partial charge in [0.05, 0.1) is 11.7 Å². The van der Waals surface area contributed by atoms with E-state index in [1.807, 2.05) is 13.0 Å². The zero-order valence-electron chi connectivity index (χ0n) is 10.8. The summed E-state index contributed by atoms with van der Waals surface area (Å²) in [6.07, 6.45) is 5.14. The van der Waals surface area contributed by atoms with Crippen LogP contribution in [0.15, 0.2) is 18.2 Å². The van der Waals surface area contributed by atoms with Gasteiger partial charge >= 0.3 is 0 Å². The second kappa shape index (κ2) is 5.61. The number of aryl methyl sites for hydroxylation is 1. The fourth-order valence-electron chi connectivity index (χ4n) is 2.82. The molecule has 1 saturated carbocycles. The lowest BCUT2D eigenvalue weighted by Crippen LogP contribution is -2.35. The van der Waals surface area contributed by atoms with Crippen molar-refractivity contribution in [2.24, 2.45) is 17.7 Å². The maximum atomic E-state index is 5.73. The molecular weight excluding hydrogens is 210 g/mol. The van der Waals surface area contributed by atoms with E-state index >= 15 is 0 Å². The van der Waals surface area contributed by atoms with Crippen LogP contribution >= 0.6 is 0 Å². The van der Waals surface area contributed by atoms with Gasteiger partial charge in [-0.2, -0.15) is 0 Å². The molecule has 3 heteroatoms. The molecule has 1 aromatic rings. The summed E-state index contributed by atoms with van der Waals surface area (Å²) in [4.78, 5) is 4.60. The van der Waals surface area contributed by atoms with Crippen LogP contribution in [-0.4, -0.2) is 4.98 Å². The van der Waals surface area contributed by atoms with Crippen molar-refractivity contribution in [2.45, 2.75) is 45.6 Å². The number of hydrazine groups is 1. The lowest BCUT2D eigenvalue weighted by Gasteiger charge is -2.32. The Morgan fingerprint density at radius 1 is 1.29 bits per heavy atom. The van der Waals surface area contributed by atoms with Crippen LogP contribution in [0.1, 0.15) is 50.0 Å². The normalized spacial score (nSPS) is 26.8. The van der Waals surface area contributed by atoms with Crippen LogP contribution in [-0.2, 0) is 0 Å². The highest BCUT2D eigenvalue weighted by molar-refractivity contribution is 5.14. The Morgan fingerprint density at radius 3 is 2.59 bits per heavy atom. The summed E-state index contributed by atoms with van der Waals surface area (Å²) in [6.45, 7) is 4.37. The van der Waals surface area contributed by atoms with Crippen LogP contribution in [0.4, 0.5) is 0 Å². The first-order chi connectivity index (χ1) is 8.20. The monoisotopic (exact) mass is 233 g/mol. The highest BCUT2D eigenvalue weighted by Crippen LogP contribution is 2.35.